The summed E-state index contributed by atoms with van der Waals surface area (Å²) in [5.74, 6) is 0. The zero-order chi connectivity index (χ0) is 14.4. The van der Waals surface area contributed by atoms with Crippen LogP contribution in [-0.4, -0.2) is 6.54 Å². The lowest BCUT2D eigenvalue weighted by atomic mass is 9.89. The van der Waals surface area contributed by atoms with Gasteiger partial charge in [0.05, 0.1) is 0 Å². The quantitative estimate of drug-likeness (QED) is 0.698. The molecular formula is C19H29N. The summed E-state index contributed by atoms with van der Waals surface area (Å²) < 4.78 is 0. The Labute approximate surface area is 124 Å². The molecule has 0 aliphatic heterocycles. The largest absolute Gasteiger partial charge is 0.310 e. The van der Waals surface area contributed by atoms with Crippen LogP contribution in [0.4, 0.5) is 0 Å². The van der Waals surface area contributed by atoms with Gasteiger partial charge in [0.15, 0.2) is 0 Å². The highest BCUT2D eigenvalue weighted by Gasteiger charge is 2.16. The molecule has 0 radical (unpaired) electrons. The minimum atomic E-state index is 0.485. The molecule has 1 heteroatoms. The molecule has 1 N–H and O–H groups in total. The van der Waals surface area contributed by atoms with E-state index >= 15 is 0 Å². The van der Waals surface area contributed by atoms with Gasteiger partial charge in [0, 0.05) is 6.04 Å². The highest BCUT2D eigenvalue weighted by atomic mass is 14.9. The van der Waals surface area contributed by atoms with Crippen molar-refractivity contribution in [3.63, 3.8) is 0 Å². The van der Waals surface area contributed by atoms with Crippen LogP contribution in [0.1, 0.15) is 68.2 Å². The normalized spacial score (nSPS) is 16.9. The number of benzene rings is 1. The van der Waals surface area contributed by atoms with Gasteiger partial charge in [-0.1, -0.05) is 42.3 Å². The molecule has 0 bridgehead atoms. The maximum absolute atomic E-state index is 3.76. The van der Waals surface area contributed by atoms with Crippen molar-refractivity contribution in [3.05, 3.63) is 46.5 Å². The predicted molar refractivity (Wildman–Crippen MR) is 88.1 cm³/mol. The van der Waals surface area contributed by atoms with Gasteiger partial charge >= 0.3 is 0 Å². The molecule has 0 saturated heterocycles. The van der Waals surface area contributed by atoms with E-state index in [1.165, 1.54) is 55.2 Å². The third-order valence-corrected chi connectivity index (χ3v) is 4.30. The van der Waals surface area contributed by atoms with Crippen molar-refractivity contribution in [2.45, 2.75) is 65.3 Å². The number of hydrogen-bond donors (Lipinski definition) is 1. The van der Waals surface area contributed by atoms with E-state index in [0.717, 1.165) is 6.54 Å². The summed E-state index contributed by atoms with van der Waals surface area (Å²) in [5, 5.41) is 3.76. The fourth-order valence-corrected chi connectivity index (χ4v) is 3.10. The highest BCUT2D eigenvalue weighted by Crippen LogP contribution is 2.29. The summed E-state index contributed by atoms with van der Waals surface area (Å²) in [7, 11) is 0. The molecule has 1 unspecified atom stereocenters. The van der Waals surface area contributed by atoms with E-state index in [0.29, 0.717) is 6.04 Å². The first-order valence-electron chi connectivity index (χ1n) is 8.19. The Bertz CT molecular complexity index is 459. The van der Waals surface area contributed by atoms with Gasteiger partial charge in [-0.25, -0.2) is 0 Å². The molecule has 1 aromatic rings. The molecule has 20 heavy (non-hydrogen) atoms. The molecule has 0 spiro atoms. The van der Waals surface area contributed by atoms with E-state index in [2.05, 4.69) is 50.4 Å². The molecule has 1 atom stereocenters. The van der Waals surface area contributed by atoms with Gasteiger partial charge in [-0.05, 0) is 70.0 Å². The lowest BCUT2D eigenvalue weighted by Gasteiger charge is -2.24. The SMILES string of the molecule is CCCNC(CC1=CCCCC1)c1cc(C)ccc1C. The van der Waals surface area contributed by atoms with Gasteiger partial charge in [0.2, 0.25) is 0 Å². The maximum atomic E-state index is 3.76. The fourth-order valence-electron chi connectivity index (χ4n) is 3.10. The van der Waals surface area contributed by atoms with Crippen molar-refractivity contribution in [2.24, 2.45) is 0 Å². The Morgan fingerprint density at radius 3 is 2.75 bits per heavy atom. The second-order valence-electron chi connectivity index (χ2n) is 6.18. The van der Waals surface area contributed by atoms with Crippen LogP contribution in [-0.2, 0) is 0 Å². The molecule has 0 aromatic heterocycles. The number of aryl methyl sites for hydroxylation is 2. The second-order valence-corrected chi connectivity index (χ2v) is 6.18. The number of allylic oxidation sites excluding steroid dienone is 1. The van der Waals surface area contributed by atoms with Crippen molar-refractivity contribution in [1.82, 2.24) is 5.32 Å². The van der Waals surface area contributed by atoms with Crippen molar-refractivity contribution in [3.8, 4) is 0 Å². The number of rotatable bonds is 6. The molecule has 110 valence electrons. The molecule has 0 heterocycles. The van der Waals surface area contributed by atoms with Gasteiger partial charge in [-0.3, -0.25) is 0 Å². The Morgan fingerprint density at radius 2 is 2.05 bits per heavy atom. The lowest BCUT2D eigenvalue weighted by Crippen LogP contribution is -2.23. The standard InChI is InChI=1S/C19H29N/c1-4-12-20-19(14-17-8-6-5-7-9-17)18-13-15(2)10-11-16(18)3/h8,10-11,13,19-20H,4-7,9,12,14H2,1-3H3. The summed E-state index contributed by atoms with van der Waals surface area (Å²) >= 11 is 0. The summed E-state index contributed by atoms with van der Waals surface area (Å²) in [6, 6.07) is 7.33. The van der Waals surface area contributed by atoms with Crippen LogP contribution in [0.2, 0.25) is 0 Å². The van der Waals surface area contributed by atoms with Crippen LogP contribution in [0.15, 0.2) is 29.8 Å². The first kappa shape index (κ1) is 15.3. The van der Waals surface area contributed by atoms with Crippen molar-refractivity contribution >= 4 is 0 Å². The average molecular weight is 271 g/mol. The monoisotopic (exact) mass is 271 g/mol. The van der Waals surface area contributed by atoms with Crippen LogP contribution in [0.25, 0.3) is 0 Å². The van der Waals surface area contributed by atoms with Crippen molar-refractivity contribution in [1.29, 1.82) is 0 Å². The molecule has 1 aromatic carbocycles. The molecule has 1 aliphatic carbocycles. The minimum Gasteiger partial charge on any atom is -0.310 e. The second kappa shape index (κ2) is 7.64. The topological polar surface area (TPSA) is 12.0 Å². The summed E-state index contributed by atoms with van der Waals surface area (Å²) in [6.07, 6.45) is 10.2. The number of nitrogens with one attached hydrogen (secondary N) is 1. The Balaban J connectivity index is 2.17. The summed E-state index contributed by atoms with van der Waals surface area (Å²) in [4.78, 5) is 0. The third kappa shape index (κ3) is 4.21. The summed E-state index contributed by atoms with van der Waals surface area (Å²) in [5.41, 5.74) is 5.93. The fraction of sp³-hybridized carbons (Fsp3) is 0.579. The molecule has 2 rings (SSSR count). The molecule has 0 fully saturated rings. The highest BCUT2D eigenvalue weighted by molar-refractivity contribution is 5.34. The Morgan fingerprint density at radius 1 is 1.20 bits per heavy atom. The van der Waals surface area contributed by atoms with Gasteiger partial charge in [-0.2, -0.15) is 0 Å². The van der Waals surface area contributed by atoms with Crippen LogP contribution < -0.4 is 5.32 Å². The van der Waals surface area contributed by atoms with Gasteiger partial charge < -0.3 is 5.32 Å². The lowest BCUT2D eigenvalue weighted by molar-refractivity contribution is 0.509. The smallest absolute Gasteiger partial charge is 0.0360 e. The predicted octanol–water partition coefficient (Wildman–Crippen LogP) is 5.23. The maximum Gasteiger partial charge on any atom is 0.0360 e. The van der Waals surface area contributed by atoms with Crippen LogP contribution in [0.5, 0.6) is 0 Å². The molecular weight excluding hydrogens is 242 g/mol. The first-order chi connectivity index (χ1) is 9.70. The van der Waals surface area contributed by atoms with E-state index in [9.17, 15) is 0 Å². The van der Waals surface area contributed by atoms with Gasteiger partial charge in [0.1, 0.15) is 0 Å². The van der Waals surface area contributed by atoms with Crippen LogP contribution in [0.3, 0.4) is 0 Å². The van der Waals surface area contributed by atoms with Gasteiger partial charge in [0.25, 0.3) is 0 Å². The van der Waals surface area contributed by atoms with E-state index in [-0.39, 0.29) is 0 Å². The first-order valence-corrected chi connectivity index (χ1v) is 8.19. The third-order valence-electron chi connectivity index (χ3n) is 4.30. The van der Waals surface area contributed by atoms with E-state index < -0.39 is 0 Å². The molecule has 0 saturated carbocycles. The van der Waals surface area contributed by atoms with E-state index in [1.807, 2.05) is 0 Å². The van der Waals surface area contributed by atoms with Crippen LogP contribution >= 0.6 is 0 Å². The molecule has 1 nitrogen and oxygen atoms in total. The minimum absolute atomic E-state index is 0.485. The zero-order valence-electron chi connectivity index (χ0n) is 13.3. The van der Waals surface area contributed by atoms with Crippen molar-refractivity contribution in [2.75, 3.05) is 6.54 Å². The van der Waals surface area contributed by atoms with E-state index in [4.69, 9.17) is 0 Å². The Kier molecular flexibility index (Phi) is 5.85. The van der Waals surface area contributed by atoms with Crippen molar-refractivity contribution < 1.29 is 0 Å². The van der Waals surface area contributed by atoms with Gasteiger partial charge in [-0.15, -0.1) is 0 Å². The zero-order valence-corrected chi connectivity index (χ0v) is 13.3. The average Bonchev–Trinajstić information content (AvgIpc) is 2.47. The summed E-state index contributed by atoms with van der Waals surface area (Å²) in [6.45, 7) is 7.78. The number of hydrogen-bond acceptors (Lipinski definition) is 1. The Hall–Kier alpha value is -1.08. The van der Waals surface area contributed by atoms with E-state index in [1.54, 1.807) is 5.57 Å². The molecule has 0 amide bonds. The van der Waals surface area contributed by atoms with Crippen LogP contribution in [0, 0.1) is 13.8 Å². The molecule has 1 aliphatic rings.